The number of thioether (sulfide) groups is 1. The highest BCUT2D eigenvalue weighted by Gasteiger charge is 2.25. The second-order valence-corrected chi connectivity index (χ2v) is 5.94. The molecule has 0 saturated carbocycles. The lowest BCUT2D eigenvalue weighted by Gasteiger charge is -2.22. The summed E-state index contributed by atoms with van der Waals surface area (Å²) in [7, 11) is 0. The fraction of sp³-hybridized carbons (Fsp3) is 0.769. The fourth-order valence-electron chi connectivity index (χ4n) is 2.39. The van der Waals surface area contributed by atoms with Gasteiger partial charge in [-0.3, -0.25) is 0 Å². The summed E-state index contributed by atoms with van der Waals surface area (Å²) in [6, 6.07) is 0. The van der Waals surface area contributed by atoms with E-state index >= 15 is 0 Å². The molecule has 1 saturated heterocycles. The molecular weight excluding hydrogens is 234 g/mol. The van der Waals surface area contributed by atoms with Crippen molar-refractivity contribution in [3.8, 4) is 0 Å². The maximum atomic E-state index is 11.8. The Balaban J connectivity index is 1.96. The quantitative estimate of drug-likeness (QED) is 0.783. The van der Waals surface area contributed by atoms with Gasteiger partial charge in [0.15, 0.2) is 0 Å². The number of hydrogen-bond acceptors (Lipinski definition) is 4. The second-order valence-electron chi connectivity index (χ2n) is 4.54. The topological polar surface area (TPSA) is 38.3 Å². The molecule has 0 radical (unpaired) electrons. The van der Waals surface area contributed by atoms with Crippen LogP contribution in [-0.4, -0.2) is 30.9 Å². The Morgan fingerprint density at radius 3 is 2.88 bits per heavy atom. The van der Waals surface area contributed by atoms with Crippen LogP contribution in [-0.2, 0) is 9.53 Å². The van der Waals surface area contributed by atoms with E-state index in [2.05, 4.69) is 5.32 Å². The molecule has 2 aliphatic rings. The van der Waals surface area contributed by atoms with Crippen molar-refractivity contribution in [1.29, 1.82) is 0 Å². The van der Waals surface area contributed by atoms with Gasteiger partial charge in [-0.15, -0.1) is 11.8 Å². The molecule has 0 aromatic carbocycles. The van der Waals surface area contributed by atoms with E-state index in [0.29, 0.717) is 11.9 Å². The Labute approximate surface area is 107 Å². The van der Waals surface area contributed by atoms with E-state index in [4.69, 9.17) is 4.74 Å². The SMILES string of the molecule is CCOC(=O)C1=C(SC2CCNCC2)CCC1. The zero-order valence-electron chi connectivity index (χ0n) is 10.5. The Morgan fingerprint density at radius 2 is 2.18 bits per heavy atom. The molecule has 96 valence electrons. The molecule has 2 rings (SSSR count). The highest BCUT2D eigenvalue weighted by Crippen LogP contribution is 2.39. The van der Waals surface area contributed by atoms with Crippen LogP contribution in [0.2, 0.25) is 0 Å². The molecule has 0 atom stereocenters. The van der Waals surface area contributed by atoms with Gasteiger partial charge in [0.05, 0.1) is 6.61 Å². The summed E-state index contributed by atoms with van der Waals surface area (Å²) in [4.78, 5) is 13.1. The maximum absolute atomic E-state index is 11.8. The van der Waals surface area contributed by atoms with Crippen LogP contribution in [0, 0.1) is 0 Å². The van der Waals surface area contributed by atoms with Gasteiger partial charge in [-0.2, -0.15) is 0 Å². The molecule has 0 amide bonds. The molecule has 1 aliphatic carbocycles. The monoisotopic (exact) mass is 255 g/mol. The van der Waals surface area contributed by atoms with Crippen molar-refractivity contribution < 1.29 is 9.53 Å². The average molecular weight is 255 g/mol. The Hall–Kier alpha value is -0.480. The van der Waals surface area contributed by atoms with E-state index in [-0.39, 0.29) is 5.97 Å². The van der Waals surface area contributed by atoms with Crippen molar-refractivity contribution in [3.63, 3.8) is 0 Å². The van der Waals surface area contributed by atoms with Gasteiger partial charge in [0, 0.05) is 10.8 Å². The summed E-state index contributed by atoms with van der Waals surface area (Å²) in [6.07, 6.45) is 5.52. The molecule has 0 aromatic heterocycles. The molecule has 0 bridgehead atoms. The molecular formula is C13H21NO2S. The van der Waals surface area contributed by atoms with Crippen molar-refractivity contribution in [1.82, 2.24) is 5.32 Å². The molecule has 3 nitrogen and oxygen atoms in total. The lowest BCUT2D eigenvalue weighted by atomic mass is 10.2. The summed E-state index contributed by atoms with van der Waals surface area (Å²) >= 11 is 1.93. The number of rotatable bonds is 4. The number of piperidine rings is 1. The predicted octanol–water partition coefficient (Wildman–Crippen LogP) is 2.47. The summed E-state index contributed by atoms with van der Waals surface area (Å²) < 4.78 is 5.12. The fourth-order valence-corrected chi connectivity index (χ4v) is 3.86. The molecule has 4 heteroatoms. The molecule has 0 unspecified atom stereocenters. The van der Waals surface area contributed by atoms with Crippen LogP contribution in [0.1, 0.15) is 39.0 Å². The maximum Gasteiger partial charge on any atom is 0.334 e. The van der Waals surface area contributed by atoms with Crippen LogP contribution in [0.5, 0.6) is 0 Å². The zero-order valence-corrected chi connectivity index (χ0v) is 11.3. The summed E-state index contributed by atoms with van der Waals surface area (Å²) in [5.74, 6) is -0.0820. The van der Waals surface area contributed by atoms with Gasteiger partial charge in [0.2, 0.25) is 0 Å². The van der Waals surface area contributed by atoms with Crippen molar-refractivity contribution in [2.75, 3.05) is 19.7 Å². The lowest BCUT2D eigenvalue weighted by molar-refractivity contribution is -0.138. The first-order chi connectivity index (χ1) is 8.31. The van der Waals surface area contributed by atoms with Gasteiger partial charge in [-0.05, 0) is 57.0 Å². The van der Waals surface area contributed by atoms with Gasteiger partial charge in [-0.25, -0.2) is 4.79 Å². The van der Waals surface area contributed by atoms with Crippen molar-refractivity contribution in [2.45, 2.75) is 44.3 Å². The predicted molar refractivity (Wildman–Crippen MR) is 71.0 cm³/mol. The van der Waals surface area contributed by atoms with Gasteiger partial charge in [0.25, 0.3) is 0 Å². The van der Waals surface area contributed by atoms with Crippen molar-refractivity contribution in [2.24, 2.45) is 0 Å². The minimum Gasteiger partial charge on any atom is -0.463 e. The second kappa shape index (κ2) is 6.45. The third kappa shape index (κ3) is 3.49. The van der Waals surface area contributed by atoms with E-state index in [9.17, 15) is 4.79 Å². The van der Waals surface area contributed by atoms with Crippen LogP contribution in [0.4, 0.5) is 0 Å². The number of carbonyl (C=O) groups excluding carboxylic acids is 1. The van der Waals surface area contributed by atoms with E-state index in [1.807, 2.05) is 18.7 Å². The molecule has 1 N–H and O–H groups in total. The number of hydrogen-bond donors (Lipinski definition) is 1. The zero-order chi connectivity index (χ0) is 12.1. The number of ether oxygens (including phenoxy) is 1. The van der Waals surface area contributed by atoms with Crippen LogP contribution >= 0.6 is 11.8 Å². The average Bonchev–Trinajstić information content (AvgIpc) is 2.79. The molecule has 0 aromatic rings. The van der Waals surface area contributed by atoms with E-state index in [1.165, 1.54) is 17.7 Å². The Kier molecular flexibility index (Phi) is 4.92. The normalized spacial score (nSPS) is 21.9. The van der Waals surface area contributed by atoms with Gasteiger partial charge in [0.1, 0.15) is 0 Å². The third-order valence-corrected chi connectivity index (χ3v) is 4.82. The van der Waals surface area contributed by atoms with Crippen LogP contribution in [0.15, 0.2) is 10.5 Å². The molecule has 1 heterocycles. The van der Waals surface area contributed by atoms with E-state index < -0.39 is 0 Å². The van der Waals surface area contributed by atoms with Crippen LogP contribution < -0.4 is 5.32 Å². The highest BCUT2D eigenvalue weighted by atomic mass is 32.2. The molecule has 1 aliphatic heterocycles. The first-order valence-corrected chi connectivity index (χ1v) is 7.45. The summed E-state index contributed by atoms with van der Waals surface area (Å²) in [6.45, 7) is 4.57. The first kappa shape index (κ1) is 13.0. The molecule has 1 fully saturated rings. The van der Waals surface area contributed by atoms with Crippen molar-refractivity contribution in [3.05, 3.63) is 10.5 Å². The van der Waals surface area contributed by atoms with Gasteiger partial charge < -0.3 is 10.1 Å². The van der Waals surface area contributed by atoms with E-state index in [1.54, 1.807) is 0 Å². The summed E-state index contributed by atoms with van der Waals surface area (Å²) in [5.41, 5.74) is 0.954. The number of allylic oxidation sites excluding steroid dienone is 1. The number of esters is 1. The number of nitrogens with one attached hydrogen (secondary N) is 1. The lowest BCUT2D eigenvalue weighted by Crippen LogP contribution is -2.29. The van der Waals surface area contributed by atoms with Gasteiger partial charge >= 0.3 is 5.97 Å². The first-order valence-electron chi connectivity index (χ1n) is 6.57. The van der Waals surface area contributed by atoms with Crippen LogP contribution in [0.3, 0.4) is 0 Å². The van der Waals surface area contributed by atoms with Gasteiger partial charge in [-0.1, -0.05) is 0 Å². The number of carbonyl (C=O) groups is 1. The summed E-state index contributed by atoms with van der Waals surface area (Å²) in [5, 5.41) is 4.06. The Morgan fingerprint density at radius 1 is 1.41 bits per heavy atom. The Bertz CT molecular complexity index is 309. The minimum atomic E-state index is -0.0820. The highest BCUT2D eigenvalue weighted by molar-refractivity contribution is 8.03. The smallest absolute Gasteiger partial charge is 0.334 e. The third-order valence-electron chi connectivity index (χ3n) is 3.28. The largest absolute Gasteiger partial charge is 0.463 e. The van der Waals surface area contributed by atoms with E-state index in [0.717, 1.165) is 37.9 Å². The minimum absolute atomic E-state index is 0.0820. The standard InChI is InChI=1S/C13H21NO2S/c1-2-16-13(15)11-4-3-5-12(11)17-10-6-8-14-9-7-10/h10,14H,2-9H2,1H3. The van der Waals surface area contributed by atoms with Crippen LogP contribution in [0.25, 0.3) is 0 Å². The molecule has 0 spiro atoms. The van der Waals surface area contributed by atoms with Crippen molar-refractivity contribution >= 4 is 17.7 Å². The molecule has 17 heavy (non-hydrogen) atoms.